The van der Waals surface area contributed by atoms with Gasteiger partial charge in [-0.1, -0.05) is 35.4 Å². The molecular weight excluding hydrogens is 648 g/mol. The number of hydrogen-bond donors (Lipinski definition) is 8. The van der Waals surface area contributed by atoms with E-state index in [0.29, 0.717) is 6.42 Å². The largest absolute Gasteiger partial charge is 0.481 e. The van der Waals surface area contributed by atoms with Gasteiger partial charge in [-0.2, -0.15) is 0 Å². The van der Waals surface area contributed by atoms with Crippen LogP contribution in [0.15, 0.2) is 0 Å². The second kappa shape index (κ2) is 18.5. The molecule has 9 N–H and O–H groups in total. The molecule has 19 heteroatoms. The molecule has 2 heterocycles. The first-order chi connectivity index (χ1) is 21.6. The molecule has 258 valence electrons. The van der Waals surface area contributed by atoms with E-state index in [2.05, 4.69) is 21.3 Å². The molecule has 0 aromatic carbocycles. The van der Waals surface area contributed by atoms with Gasteiger partial charge in [-0.15, -0.1) is 0 Å². The summed E-state index contributed by atoms with van der Waals surface area (Å²) in [6.45, 7) is 3.66. The lowest BCUT2D eigenvalue weighted by Gasteiger charge is -2.30. The normalized spacial score (nSPS) is 27.6. The Hall–Kier alpha value is -3.58. The van der Waals surface area contributed by atoms with Crippen molar-refractivity contribution in [2.75, 3.05) is 18.1 Å². The molecule has 0 aromatic heterocycles. The number of carbonyl (C=O) groups is 8. The van der Waals surface area contributed by atoms with E-state index >= 15 is 0 Å². The summed E-state index contributed by atoms with van der Waals surface area (Å²) in [7, 11) is 2.14. The second-order valence-corrected chi connectivity index (χ2v) is 14.0. The fourth-order valence-electron chi connectivity index (χ4n) is 4.85. The molecule has 46 heavy (non-hydrogen) atoms. The molecule has 0 unspecified atom stereocenters. The van der Waals surface area contributed by atoms with E-state index in [-0.39, 0.29) is 43.2 Å². The lowest BCUT2D eigenvalue weighted by Crippen LogP contribution is -2.59. The molecule has 0 aromatic rings. The molecule has 5 amide bonds. The van der Waals surface area contributed by atoms with Crippen molar-refractivity contribution in [2.45, 2.75) is 95.0 Å². The minimum absolute atomic E-state index is 0.0269. The van der Waals surface area contributed by atoms with Gasteiger partial charge < -0.3 is 47.2 Å². The second-order valence-electron chi connectivity index (χ2n) is 11.4. The van der Waals surface area contributed by atoms with Gasteiger partial charge in [0.15, 0.2) is 0 Å². The number of fused-ring (bicyclic) bond motifs is 1. The van der Waals surface area contributed by atoms with Crippen LogP contribution in [0.25, 0.3) is 0 Å². The van der Waals surface area contributed by atoms with Gasteiger partial charge in [0, 0.05) is 30.9 Å². The summed E-state index contributed by atoms with van der Waals surface area (Å²) in [5.41, 5.74) is 6.02. The van der Waals surface area contributed by atoms with Crippen molar-refractivity contribution in [3.8, 4) is 0 Å². The summed E-state index contributed by atoms with van der Waals surface area (Å²) in [6.07, 6.45) is -1.19. The number of carbonyl (C=O) groups excluding carboxylic acids is 5. The van der Waals surface area contributed by atoms with E-state index in [0.717, 1.165) is 26.5 Å². The highest BCUT2D eigenvalue weighted by atomic mass is 33.1. The number of amides is 5. The van der Waals surface area contributed by atoms with E-state index in [9.17, 15) is 53.7 Å². The van der Waals surface area contributed by atoms with Gasteiger partial charge in [0.2, 0.25) is 29.5 Å². The number of carboxylic acid groups (broad SMARTS) is 3. The summed E-state index contributed by atoms with van der Waals surface area (Å²) < 4.78 is 0. The standard InChI is InChI=1S/C27H42N6O11S2/c1-13(2)10-17-24(40)29-15(5-7-20(34)35)23(39)30-16(6-8-21(36)37)26(42)33-9-3-4-19(33)25(41)32-18(27(43)44)12-46-45-11-14(28)22(38)31-17/h13-19H,3-12,28H2,1-2H3,(H,29,40)(H,30,39)(H,31,38)(H,32,41)(H,34,35)(H,36,37)(H,43,44)/t14-,15+,16-,17-,18+,19+/m1/s1. The predicted octanol–water partition coefficient (Wildman–Crippen LogP) is -1.50. The number of nitrogens with two attached hydrogens (primary N) is 1. The van der Waals surface area contributed by atoms with E-state index in [1.807, 2.05) is 0 Å². The summed E-state index contributed by atoms with van der Waals surface area (Å²) in [5.74, 6) is -8.07. The lowest BCUT2D eigenvalue weighted by molar-refractivity contribution is -0.145. The monoisotopic (exact) mass is 690 g/mol. The van der Waals surface area contributed by atoms with Gasteiger partial charge >= 0.3 is 17.9 Å². The lowest BCUT2D eigenvalue weighted by atomic mass is 10.0. The van der Waals surface area contributed by atoms with Crippen LogP contribution in [0.3, 0.4) is 0 Å². The fourth-order valence-corrected chi connectivity index (χ4v) is 7.13. The van der Waals surface area contributed by atoms with E-state index in [1.165, 1.54) is 0 Å². The van der Waals surface area contributed by atoms with Crippen molar-refractivity contribution in [2.24, 2.45) is 11.7 Å². The van der Waals surface area contributed by atoms with Gasteiger partial charge in [0.25, 0.3) is 0 Å². The fraction of sp³-hybridized carbons (Fsp3) is 0.704. The van der Waals surface area contributed by atoms with Crippen LogP contribution >= 0.6 is 21.6 Å². The highest BCUT2D eigenvalue weighted by molar-refractivity contribution is 8.76. The van der Waals surface area contributed by atoms with Crippen LogP contribution in [0.5, 0.6) is 0 Å². The molecule has 2 rings (SSSR count). The molecule has 0 spiro atoms. The van der Waals surface area contributed by atoms with Crippen molar-refractivity contribution in [3.63, 3.8) is 0 Å². The maximum atomic E-state index is 13.7. The quantitative estimate of drug-likeness (QED) is 0.128. The Morgan fingerprint density at radius 1 is 0.804 bits per heavy atom. The maximum Gasteiger partial charge on any atom is 0.327 e. The first-order valence-corrected chi connectivity index (χ1v) is 17.3. The van der Waals surface area contributed by atoms with Crippen molar-refractivity contribution in [1.29, 1.82) is 0 Å². The molecule has 17 nitrogen and oxygen atoms in total. The molecule has 0 radical (unpaired) electrons. The van der Waals surface area contributed by atoms with Gasteiger partial charge in [-0.3, -0.25) is 33.6 Å². The average Bonchev–Trinajstić information content (AvgIpc) is 3.47. The van der Waals surface area contributed by atoms with Gasteiger partial charge in [-0.25, -0.2) is 4.79 Å². The summed E-state index contributed by atoms with van der Waals surface area (Å²) >= 11 is 0. The number of nitrogens with one attached hydrogen (secondary N) is 4. The Balaban J connectivity index is 2.49. The van der Waals surface area contributed by atoms with Crippen LogP contribution in [-0.2, 0) is 38.4 Å². The third-order valence-electron chi connectivity index (χ3n) is 7.24. The summed E-state index contributed by atoms with van der Waals surface area (Å²) in [5, 5.41) is 38.1. The van der Waals surface area contributed by atoms with Crippen molar-refractivity contribution >= 4 is 69.0 Å². The van der Waals surface area contributed by atoms with E-state index in [4.69, 9.17) is 5.73 Å². The van der Waals surface area contributed by atoms with Crippen LogP contribution in [0.4, 0.5) is 0 Å². The molecule has 0 aliphatic carbocycles. The third kappa shape index (κ3) is 12.3. The Bertz CT molecular complexity index is 1170. The van der Waals surface area contributed by atoms with E-state index < -0.39 is 103 Å². The summed E-state index contributed by atoms with van der Waals surface area (Å²) in [4.78, 5) is 102. The number of nitrogens with zero attached hydrogens (tertiary/aromatic N) is 1. The Labute approximate surface area is 273 Å². The van der Waals surface area contributed by atoms with Crippen molar-refractivity contribution < 1.29 is 53.7 Å². The molecule has 2 aliphatic rings. The van der Waals surface area contributed by atoms with Crippen LogP contribution in [0, 0.1) is 5.92 Å². The van der Waals surface area contributed by atoms with Crippen LogP contribution < -0.4 is 27.0 Å². The van der Waals surface area contributed by atoms with Crippen LogP contribution in [0.2, 0.25) is 0 Å². The van der Waals surface area contributed by atoms with Crippen LogP contribution in [-0.4, -0.2) is 122 Å². The average molecular weight is 691 g/mol. The zero-order valence-electron chi connectivity index (χ0n) is 25.6. The highest BCUT2D eigenvalue weighted by Crippen LogP contribution is 2.24. The number of rotatable bonds is 9. The third-order valence-corrected chi connectivity index (χ3v) is 9.68. The Morgan fingerprint density at radius 3 is 1.93 bits per heavy atom. The van der Waals surface area contributed by atoms with Gasteiger partial charge in [-0.05, 0) is 38.0 Å². The predicted molar refractivity (Wildman–Crippen MR) is 166 cm³/mol. The minimum Gasteiger partial charge on any atom is -0.481 e. The molecule has 2 aliphatic heterocycles. The number of hydrogen-bond acceptors (Lipinski definition) is 11. The number of carboxylic acids is 3. The Kier molecular flexibility index (Phi) is 15.6. The molecular formula is C27H42N6O11S2. The zero-order chi connectivity index (χ0) is 34.6. The first kappa shape index (κ1) is 38.6. The molecule has 0 saturated carbocycles. The van der Waals surface area contributed by atoms with Crippen molar-refractivity contribution in [1.82, 2.24) is 26.2 Å². The minimum atomic E-state index is -1.49. The topological polar surface area (TPSA) is 275 Å². The SMILES string of the molecule is CC(C)C[C@H]1NC(=O)[C@H](N)CSSC[C@@H](C(=O)O)NC(=O)[C@@H]2CCCN2C(=O)[C@@H](CCC(=O)O)NC(=O)[C@H](CCC(=O)O)NC1=O. The zero-order valence-corrected chi connectivity index (χ0v) is 27.2. The van der Waals surface area contributed by atoms with E-state index in [1.54, 1.807) is 13.8 Å². The molecule has 0 bridgehead atoms. The molecule has 6 atom stereocenters. The van der Waals surface area contributed by atoms with Gasteiger partial charge in [0.1, 0.15) is 30.2 Å². The van der Waals surface area contributed by atoms with Crippen molar-refractivity contribution in [3.05, 3.63) is 0 Å². The van der Waals surface area contributed by atoms with Crippen LogP contribution in [0.1, 0.15) is 58.8 Å². The Morgan fingerprint density at radius 2 is 1.35 bits per heavy atom. The first-order valence-electron chi connectivity index (χ1n) is 14.8. The molecule has 2 fully saturated rings. The highest BCUT2D eigenvalue weighted by Gasteiger charge is 2.40. The molecule has 2 saturated heterocycles. The smallest absolute Gasteiger partial charge is 0.327 e. The number of aliphatic carboxylic acids is 3. The van der Waals surface area contributed by atoms with Gasteiger partial charge in [0.05, 0.1) is 6.04 Å². The maximum absolute atomic E-state index is 13.7. The summed E-state index contributed by atoms with van der Waals surface area (Å²) in [6, 6.07) is -7.69.